The van der Waals surface area contributed by atoms with Crippen LogP contribution in [0.15, 0.2) is 83.9 Å². The first-order valence-electron chi connectivity index (χ1n) is 12.2. The Balaban J connectivity index is 1.17. The van der Waals surface area contributed by atoms with Crippen molar-refractivity contribution in [1.29, 1.82) is 0 Å². The number of pyridine rings is 1. The van der Waals surface area contributed by atoms with Gasteiger partial charge in [-0.15, -0.1) is 0 Å². The smallest absolute Gasteiger partial charge is 0.253 e. The van der Waals surface area contributed by atoms with Crippen LogP contribution >= 0.6 is 0 Å². The molecule has 0 unspecified atom stereocenters. The fourth-order valence-corrected chi connectivity index (χ4v) is 5.78. The van der Waals surface area contributed by atoms with Crippen molar-refractivity contribution in [3.05, 3.63) is 102 Å². The number of piperazine rings is 1. The predicted octanol–water partition coefficient (Wildman–Crippen LogP) is 4.31. The normalized spacial score (nSPS) is 14.5. The van der Waals surface area contributed by atoms with Crippen LogP contribution in [0.3, 0.4) is 0 Å². The number of rotatable bonds is 7. The third-order valence-electron chi connectivity index (χ3n) is 6.63. The number of hydrogen-bond donors (Lipinski definition) is 1. The van der Waals surface area contributed by atoms with Gasteiger partial charge in [-0.25, -0.2) is 17.2 Å². The van der Waals surface area contributed by atoms with Gasteiger partial charge in [0, 0.05) is 61.1 Å². The van der Waals surface area contributed by atoms with Gasteiger partial charge in [-0.3, -0.25) is 14.7 Å². The van der Waals surface area contributed by atoms with Crippen LogP contribution in [0.25, 0.3) is 10.9 Å². The minimum Gasteiger partial charge on any atom is -0.371 e. The number of anilines is 1. The lowest BCUT2D eigenvalue weighted by atomic mass is 10.1. The highest BCUT2D eigenvalue weighted by Crippen LogP contribution is 2.23. The summed E-state index contributed by atoms with van der Waals surface area (Å²) in [4.78, 5) is 21.0. The van der Waals surface area contributed by atoms with E-state index in [-0.39, 0.29) is 28.8 Å². The van der Waals surface area contributed by atoms with E-state index in [1.807, 2.05) is 17.0 Å². The van der Waals surface area contributed by atoms with Crippen LogP contribution in [0.4, 0.5) is 14.5 Å². The summed E-state index contributed by atoms with van der Waals surface area (Å²) in [5, 5.41) is 3.67. The highest BCUT2D eigenvalue weighted by atomic mass is 32.2. The molecule has 0 aliphatic carbocycles. The molecule has 3 aromatic carbocycles. The first kappa shape index (κ1) is 25.7. The van der Waals surface area contributed by atoms with Gasteiger partial charge in [0.2, 0.25) is 0 Å². The van der Waals surface area contributed by atoms with Crippen LogP contribution in [0.5, 0.6) is 0 Å². The Labute approximate surface area is 219 Å². The molecule has 1 amide bonds. The van der Waals surface area contributed by atoms with E-state index < -0.39 is 21.5 Å². The zero-order chi connectivity index (χ0) is 26.7. The number of hydrogen-bond acceptors (Lipinski definition) is 6. The van der Waals surface area contributed by atoms with Crippen LogP contribution in [0.2, 0.25) is 0 Å². The summed E-state index contributed by atoms with van der Waals surface area (Å²) in [7, 11) is -3.66. The van der Waals surface area contributed by atoms with Crippen molar-refractivity contribution >= 4 is 32.3 Å². The second-order valence-electron chi connectivity index (χ2n) is 9.11. The third kappa shape index (κ3) is 5.51. The number of benzene rings is 3. The summed E-state index contributed by atoms with van der Waals surface area (Å²) in [6.45, 7) is 2.02. The van der Waals surface area contributed by atoms with Gasteiger partial charge in [0.15, 0.2) is 9.84 Å². The summed E-state index contributed by atoms with van der Waals surface area (Å²) in [5.41, 5.74) is 1.51. The van der Waals surface area contributed by atoms with E-state index in [4.69, 9.17) is 0 Å². The van der Waals surface area contributed by atoms with Crippen molar-refractivity contribution in [1.82, 2.24) is 14.8 Å². The fourth-order valence-electron chi connectivity index (χ4n) is 4.51. The van der Waals surface area contributed by atoms with E-state index in [1.54, 1.807) is 53.6 Å². The largest absolute Gasteiger partial charge is 0.371 e. The molecule has 196 valence electrons. The van der Waals surface area contributed by atoms with Gasteiger partial charge in [-0.2, -0.15) is 0 Å². The quantitative estimate of drug-likeness (QED) is 0.379. The summed E-state index contributed by atoms with van der Waals surface area (Å²) in [5.74, 6) is -1.61. The lowest BCUT2D eigenvalue weighted by Crippen LogP contribution is -2.48. The molecule has 0 spiro atoms. The van der Waals surface area contributed by atoms with Crippen molar-refractivity contribution < 1.29 is 22.0 Å². The van der Waals surface area contributed by atoms with Gasteiger partial charge in [0.05, 0.1) is 10.4 Å². The number of nitrogens with one attached hydrogen (secondary N) is 1. The van der Waals surface area contributed by atoms with Gasteiger partial charge >= 0.3 is 0 Å². The molecular weight excluding hydrogens is 510 g/mol. The maximum Gasteiger partial charge on any atom is 0.253 e. The lowest BCUT2D eigenvalue weighted by molar-refractivity contribution is 0.0625. The summed E-state index contributed by atoms with van der Waals surface area (Å²) in [6.07, 6.45) is 1.56. The lowest BCUT2D eigenvalue weighted by Gasteiger charge is -2.35. The standard InChI is InChI=1S/C28H26F2N4O3S/c29-24-6-2-7-25(30)23(24)18-33-14-16-34(17-15-33)28(35)21-9-11-22(12-10-21)32-19-38(36,37)26-8-1-4-20-5-3-13-31-27(20)26/h1-13,32H,14-19H2. The Morgan fingerprint density at radius 1 is 0.868 bits per heavy atom. The topological polar surface area (TPSA) is 82.6 Å². The second kappa shape index (κ2) is 10.8. The van der Waals surface area contributed by atoms with E-state index >= 15 is 0 Å². The van der Waals surface area contributed by atoms with Gasteiger partial charge in [0.1, 0.15) is 17.5 Å². The first-order valence-corrected chi connectivity index (χ1v) is 13.8. The van der Waals surface area contributed by atoms with E-state index in [0.29, 0.717) is 42.9 Å². The summed E-state index contributed by atoms with van der Waals surface area (Å²) < 4.78 is 53.9. The zero-order valence-electron chi connectivity index (χ0n) is 20.5. The average Bonchev–Trinajstić information content (AvgIpc) is 2.94. The Bertz CT molecular complexity index is 1550. The minimum absolute atomic E-state index is 0.0362. The average molecular weight is 537 g/mol. The second-order valence-corrected chi connectivity index (χ2v) is 11.1. The Hall–Kier alpha value is -3.89. The molecule has 4 aromatic rings. The number of halogens is 2. The number of carbonyl (C=O) groups is 1. The molecule has 2 heterocycles. The Kier molecular flexibility index (Phi) is 7.35. The molecular formula is C28H26F2N4O3S. The predicted molar refractivity (Wildman–Crippen MR) is 141 cm³/mol. The SMILES string of the molecule is O=C(c1ccc(NCS(=O)(=O)c2cccc3cccnc23)cc1)N1CCN(Cc2c(F)cccc2F)CC1. The number of nitrogens with zero attached hydrogens (tertiary/aromatic N) is 3. The van der Waals surface area contributed by atoms with Gasteiger partial charge in [-0.1, -0.05) is 24.3 Å². The number of sulfone groups is 1. The molecule has 1 saturated heterocycles. The number of para-hydroxylation sites is 1. The molecule has 5 rings (SSSR count). The minimum atomic E-state index is -3.66. The van der Waals surface area contributed by atoms with Crippen LogP contribution < -0.4 is 5.32 Å². The molecule has 1 aliphatic rings. The molecule has 10 heteroatoms. The Morgan fingerprint density at radius 2 is 1.53 bits per heavy atom. The summed E-state index contributed by atoms with van der Waals surface area (Å²) >= 11 is 0. The van der Waals surface area contributed by atoms with E-state index in [0.717, 1.165) is 5.39 Å². The van der Waals surface area contributed by atoms with Crippen molar-refractivity contribution in [2.75, 3.05) is 37.4 Å². The van der Waals surface area contributed by atoms with E-state index in [9.17, 15) is 22.0 Å². The first-order chi connectivity index (χ1) is 18.3. The molecule has 7 nitrogen and oxygen atoms in total. The number of aromatic nitrogens is 1. The molecule has 0 bridgehead atoms. The van der Waals surface area contributed by atoms with Crippen molar-refractivity contribution in [2.24, 2.45) is 0 Å². The van der Waals surface area contributed by atoms with Crippen LogP contribution in [-0.2, 0) is 16.4 Å². The molecule has 1 aliphatic heterocycles. The van der Waals surface area contributed by atoms with Crippen LogP contribution in [0, 0.1) is 11.6 Å². The molecule has 0 atom stereocenters. The van der Waals surface area contributed by atoms with Crippen LogP contribution in [-0.4, -0.2) is 61.2 Å². The molecule has 0 saturated carbocycles. The van der Waals surface area contributed by atoms with Crippen molar-refractivity contribution in [3.8, 4) is 0 Å². The highest BCUT2D eigenvalue weighted by molar-refractivity contribution is 7.91. The molecule has 1 N–H and O–H groups in total. The fraction of sp³-hybridized carbons (Fsp3) is 0.214. The highest BCUT2D eigenvalue weighted by Gasteiger charge is 2.24. The number of fused-ring (bicyclic) bond motifs is 1. The number of amides is 1. The van der Waals surface area contributed by atoms with Crippen molar-refractivity contribution in [2.45, 2.75) is 11.4 Å². The maximum atomic E-state index is 14.0. The molecule has 0 radical (unpaired) electrons. The molecule has 1 aromatic heterocycles. The van der Waals surface area contributed by atoms with Crippen LogP contribution in [0.1, 0.15) is 15.9 Å². The van der Waals surface area contributed by atoms with E-state index in [1.165, 1.54) is 18.2 Å². The van der Waals surface area contributed by atoms with E-state index in [2.05, 4.69) is 10.3 Å². The maximum absolute atomic E-state index is 14.0. The van der Waals surface area contributed by atoms with Crippen molar-refractivity contribution in [3.63, 3.8) is 0 Å². The third-order valence-corrected chi connectivity index (χ3v) is 8.16. The summed E-state index contributed by atoms with van der Waals surface area (Å²) in [6, 6.07) is 19.1. The Morgan fingerprint density at radius 3 is 2.24 bits per heavy atom. The van der Waals surface area contributed by atoms with Gasteiger partial charge < -0.3 is 10.2 Å². The van der Waals surface area contributed by atoms with Gasteiger partial charge in [-0.05, 0) is 48.5 Å². The number of carbonyl (C=O) groups excluding carboxylic acids is 1. The molecule has 38 heavy (non-hydrogen) atoms. The zero-order valence-corrected chi connectivity index (χ0v) is 21.3. The molecule has 1 fully saturated rings. The van der Waals surface area contributed by atoms with Gasteiger partial charge in [0.25, 0.3) is 5.91 Å². The monoisotopic (exact) mass is 536 g/mol.